The van der Waals surface area contributed by atoms with E-state index in [1.807, 2.05) is 20.8 Å². The normalized spacial score (nSPS) is 11.2. The van der Waals surface area contributed by atoms with Crippen molar-refractivity contribution in [2.75, 3.05) is 11.1 Å². The second-order valence-corrected chi connectivity index (χ2v) is 5.45. The largest absolute Gasteiger partial charge is 0.397 e. The molecule has 1 aromatic rings. The Morgan fingerprint density at radius 2 is 2.06 bits per heavy atom. The van der Waals surface area contributed by atoms with Gasteiger partial charge in [0.15, 0.2) is 0 Å². The number of anilines is 2. The van der Waals surface area contributed by atoms with E-state index in [-0.39, 0.29) is 11.3 Å². The van der Waals surface area contributed by atoms with Gasteiger partial charge in [0.2, 0.25) is 5.91 Å². The third-order valence-corrected chi connectivity index (χ3v) is 2.21. The average Bonchev–Trinajstić information content (AvgIpc) is 2.06. The first kappa shape index (κ1) is 12.8. The fourth-order valence-electron chi connectivity index (χ4n) is 1.32. The highest BCUT2D eigenvalue weighted by molar-refractivity contribution is 6.31. The average molecular weight is 241 g/mol. The standard InChI is InChI=1S/C12H17ClN2O/c1-12(2,3)7-11(16)15-10-5-4-8(13)6-9(10)14/h4-6H,7,14H2,1-3H3,(H,15,16). The van der Waals surface area contributed by atoms with Crippen LogP contribution in [0.4, 0.5) is 11.4 Å². The quantitative estimate of drug-likeness (QED) is 0.780. The van der Waals surface area contributed by atoms with Gasteiger partial charge in [-0.3, -0.25) is 4.79 Å². The van der Waals surface area contributed by atoms with Gasteiger partial charge in [0.1, 0.15) is 0 Å². The molecule has 0 aliphatic carbocycles. The molecule has 1 amide bonds. The lowest BCUT2D eigenvalue weighted by Gasteiger charge is -2.17. The topological polar surface area (TPSA) is 55.1 Å². The van der Waals surface area contributed by atoms with Crippen LogP contribution in [-0.2, 0) is 4.79 Å². The molecule has 88 valence electrons. The maximum Gasteiger partial charge on any atom is 0.224 e. The zero-order chi connectivity index (χ0) is 12.3. The molecule has 0 saturated carbocycles. The molecule has 0 bridgehead atoms. The number of halogens is 1. The van der Waals surface area contributed by atoms with Crippen molar-refractivity contribution >= 4 is 28.9 Å². The Kier molecular flexibility index (Phi) is 3.81. The summed E-state index contributed by atoms with van der Waals surface area (Å²) in [5.74, 6) is -0.0403. The van der Waals surface area contributed by atoms with Crippen LogP contribution in [0.5, 0.6) is 0 Å². The lowest BCUT2D eigenvalue weighted by molar-refractivity contribution is -0.117. The van der Waals surface area contributed by atoms with Crippen LogP contribution in [0.3, 0.4) is 0 Å². The molecule has 3 nitrogen and oxygen atoms in total. The van der Waals surface area contributed by atoms with Crippen LogP contribution < -0.4 is 11.1 Å². The molecule has 0 aromatic heterocycles. The molecule has 0 heterocycles. The van der Waals surface area contributed by atoms with Crippen molar-refractivity contribution in [3.8, 4) is 0 Å². The van der Waals surface area contributed by atoms with Gasteiger partial charge in [-0.2, -0.15) is 0 Å². The van der Waals surface area contributed by atoms with E-state index in [1.54, 1.807) is 18.2 Å². The van der Waals surface area contributed by atoms with Crippen molar-refractivity contribution in [3.05, 3.63) is 23.2 Å². The van der Waals surface area contributed by atoms with E-state index in [0.717, 1.165) is 0 Å². The molecule has 0 aliphatic rings. The minimum atomic E-state index is -0.0403. The van der Waals surface area contributed by atoms with Gasteiger partial charge in [-0.1, -0.05) is 32.4 Å². The van der Waals surface area contributed by atoms with Crippen LogP contribution >= 0.6 is 11.6 Å². The maximum absolute atomic E-state index is 11.7. The molecule has 1 rings (SSSR count). The van der Waals surface area contributed by atoms with Crippen LogP contribution in [0.15, 0.2) is 18.2 Å². The smallest absolute Gasteiger partial charge is 0.224 e. The number of nitrogens with two attached hydrogens (primary N) is 1. The Morgan fingerprint density at radius 3 is 2.56 bits per heavy atom. The molecule has 0 fully saturated rings. The number of hydrogen-bond acceptors (Lipinski definition) is 2. The number of amides is 1. The predicted octanol–water partition coefficient (Wildman–Crippen LogP) is 3.30. The van der Waals surface area contributed by atoms with Gasteiger partial charge in [-0.05, 0) is 23.6 Å². The van der Waals surface area contributed by atoms with E-state index in [2.05, 4.69) is 5.32 Å². The van der Waals surface area contributed by atoms with Crippen molar-refractivity contribution in [1.29, 1.82) is 0 Å². The number of nitrogen functional groups attached to an aromatic ring is 1. The maximum atomic E-state index is 11.7. The number of hydrogen-bond donors (Lipinski definition) is 2. The SMILES string of the molecule is CC(C)(C)CC(=O)Nc1ccc(Cl)cc1N. The van der Waals surface area contributed by atoms with Crippen LogP contribution in [0.2, 0.25) is 5.02 Å². The van der Waals surface area contributed by atoms with E-state index in [9.17, 15) is 4.79 Å². The van der Waals surface area contributed by atoms with E-state index in [1.165, 1.54) is 0 Å². The number of benzene rings is 1. The Labute approximate surface area is 101 Å². The number of carbonyl (C=O) groups is 1. The third-order valence-electron chi connectivity index (χ3n) is 1.98. The number of rotatable bonds is 2. The molecule has 0 aliphatic heterocycles. The molecule has 1 aromatic carbocycles. The Balaban J connectivity index is 2.70. The monoisotopic (exact) mass is 240 g/mol. The molecule has 16 heavy (non-hydrogen) atoms. The van der Waals surface area contributed by atoms with Crippen LogP contribution in [-0.4, -0.2) is 5.91 Å². The fourth-order valence-corrected chi connectivity index (χ4v) is 1.50. The molecule has 3 N–H and O–H groups in total. The summed E-state index contributed by atoms with van der Waals surface area (Å²) in [7, 11) is 0. The van der Waals surface area contributed by atoms with E-state index < -0.39 is 0 Å². The summed E-state index contributed by atoms with van der Waals surface area (Å²) in [5, 5.41) is 3.33. The zero-order valence-corrected chi connectivity index (χ0v) is 10.6. The van der Waals surface area contributed by atoms with Crippen molar-refractivity contribution in [2.45, 2.75) is 27.2 Å². The van der Waals surface area contributed by atoms with Gasteiger partial charge in [0.25, 0.3) is 0 Å². The lowest BCUT2D eigenvalue weighted by Crippen LogP contribution is -2.20. The predicted molar refractivity (Wildman–Crippen MR) is 68.6 cm³/mol. The summed E-state index contributed by atoms with van der Waals surface area (Å²) >= 11 is 5.77. The third kappa shape index (κ3) is 4.11. The summed E-state index contributed by atoms with van der Waals surface area (Å²) in [4.78, 5) is 11.7. The lowest BCUT2D eigenvalue weighted by atomic mass is 9.92. The minimum absolute atomic E-state index is 0.0364. The summed E-state index contributed by atoms with van der Waals surface area (Å²) in [6.07, 6.45) is 0.453. The first-order valence-corrected chi connectivity index (χ1v) is 5.50. The van der Waals surface area contributed by atoms with E-state index in [4.69, 9.17) is 17.3 Å². The minimum Gasteiger partial charge on any atom is -0.397 e. The molecule has 4 heteroatoms. The van der Waals surface area contributed by atoms with Crippen molar-refractivity contribution in [1.82, 2.24) is 0 Å². The van der Waals surface area contributed by atoms with Crippen molar-refractivity contribution in [2.24, 2.45) is 5.41 Å². The van der Waals surface area contributed by atoms with Gasteiger partial charge in [0, 0.05) is 11.4 Å². The summed E-state index contributed by atoms with van der Waals surface area (Å²) < 4.78 is 0. The molecule has 0 saturated heterocycles. The second kappa shape index (κ2) is 4.74. The first-order chi connectivity index (χ1) is 7.28. The van der Waals surface area contributed by atoms with Crippen molar-refractivity contribution < 1.29 is 4.79 Å². The summed E-state index contributed by atoms with van der Waals surface area (Å²) in [6, 6.07) is 5.02. The molecule has 0 atom stereocenters. The molecular formula is C12H17ClN2O. The van der Waals surface area contributed by atoms with Gasteiger partial charge < -0.3 is 11.1 Å². The Bertz CT molecular complexity index is 396. The molecule has 0 unspecified atom stereocenters. The van der Waals surface area contributed by atoms with Gasteiger partial charge >= 0.3 is 0 Å². The highest BCUT2D eigenvalue weighted by Crippen LogP contribution is 2.24. The Morgan fingerprint density at radius 1 is 1.44 bits per heavy atom. The van der Waals surface area contributed by atoms with E-state index in [0.29, 0.717) is 22.8 Å². The van der Waals surface area contributed by atoms with Crippen LogP contribution in [0.25, 0.3) is 0 Å². The Hall–Kier alpha value is -1.22. The zero-order valence-electron chi connectivity index (χ0n) is 9.80. The van der Waals surface area contributed by atoms with Crippen LogP contribution in [0.1, 0.15) is 27.2 Å². The van der Waals surface area contributed by atoms with Crippen LogP contribution in [0, 0.1) is 5.41 Å². The molecule has 0 spiro atoms. The van der Waals surface area contributed by atoms with Gasteiger partial charge in [-0.25, -0.2) is 0 Å². The fraction of sp³-hybridized carbons (Fsp3) is 0.417. The molecular weight excluding hydrogens is 224 g/mol. The van der Waals surface area contributed by atoms with Crippen molar-refractivity contribution in [3.63, 3.8) is 0 Å². The highest BCUT2D eigenvalue weighted by atomic mass is 35.5. The number of carbonyl (C=O) groups excluding carboxylic acids is 1. The summed E-state index contributed by atoms with van der Waals surface area (Å²) in [6.45, 7) is 6.04. The highest BCUT2D eigenvalue weighted by Gasteiger charge is 2.16. The summed E-state index contributed by atoms with van der Waals surface area (Å²) in [5.41, 5.74) is 6.79. The molecule has 0 radical (unpaired) electrons. The number of nitrogens with one attached hydrogen (secondary N) is 1. The second-order valence-electron chi connectivity index (χ2n) is 5.02. The first-order valence-electron chi connectivity index (χ1n) is 5.13. The van der Waals surface area contributed by atoms with Gasteiger partial charge in [0.05, 0.1) is 11.4 Å². The van der Waals surface area contributed by atoms with E-state index >= 15 is 0 Å². The van der Waals surface area contributed by atoms with Gasteiger partial charge in [-0.15, -0.1) is 0 Å².